The highest BCUT2D eigenvalue weighted by Gasteiger charge is 2.21. The van der Waals surface area contributed by atoms with Crippen molar-refractivity contribution in [3.63, 3.8) is 0 Å². The molecule has 98 valence electrons. The minimum absolute atomic E-state index is 0.113. The van der Waals surface area contributed by atoms with Gasteiger partial charge in [-0.1, -0.05) is 11.6 Å². The summed E-state index contributed by atoms with van der Waals surface area (Å²) < 4.78 is 0. The van der Waals surface area contributed by atoms with E-state index in [0.717, 1.165) is 0 Å². The minimum atomic E-state index is -0.953. The van der Waals surface area contributed by atoms with Crippen LogP contribution in [0.25, 0.3) is 0 Å². The highest BCUT2D eigenvalue weighted by atomic mass is 35.5. The Labute approximate surface area is 110 Å². The van der Waals surface area contributed by atoms with Crippen LogP contribution in [0.4, 0.5) is 0 Å². The van der Waals surface area contributed by atoms with Gasteiger partial charge in [0.15, 0.2) is 0 Å². The van der Waals surface area contributed by atoms with E-state index in [0.29, 0.717) is 0 Å². The van der Waals surface area contributed by atoms with Gasteiger partial charge >= 0.3 is 5.97 Å². The summed E-state index contributed by atoms with van der Waals surface area (Å²) in [5.41, 5.74) is 0.113. The first kappa shape index (κ1) is 14.4. The van der Waals surface area contributed by atoms with Crippen molar-refractivity contribution in [2.75, 3.05) is 6.54 Å². The van der Waals surface area contributed by atoms with Gasteiger partial charge in [0.1, 0.15) is 10.8 Å². The molecule has 18 heavy (non-hydrogen) atoms. The zero-order valence-electron chi connectivity index (χ0n) is 10.1. The Morgan fingerprint density at radius 2 is 2.11 bits per heavy atom. The third kappa shape index (κ3) is 3.96. The number of aromatic nitrogens is 2. The molecule has 0 aliphatic rings. The van der Waals surface area contributed by atoms with Crippen molar-refractivity contribution in [3.8, 4) is 0 Å². The molecule has 0 saturated heterocycles. The fraction of sp³-hybridized carbons (Fsp3) is 0.455. The summed E-state index contributed by atoms with van der Waals surface area (Å²) in [5.74, 6) is -1.33. The first-order valence-electron chi connectivity index (χ1n) is 5.42. The lowest BCUT2D eigenvalue weighted by molar-refractivity contribution is -0.137. The number of carbonyl (C=O) groups is 2. The Morgan fingerprint density at radius 3 is 2.61 bits per heavy atom. The van der Waals surface area contributed by atoms with Gasteiger partial charge < -0.3 is 10.0 Å². The number of amides is 1. The van der Waals surface area contributed by atoms with Crippen LogP contribution in [-0.2, 0) is 4.79 Å². The van der Waals surface area contributed by atoms with Crippen LogP contribution in [0.3, 0.4) is 0 Å². The second-order valence-corrected chi connectivity index (χ2v) is 4.35. The molecule has 1 aromatic rings. The number of halogens is 1. The quantitative estimate of drug-likeness (QED) is 0.876. The number of rotatable bonds is 5. The van der Waals surface area contributed by atoms with Crippen LogP contribution in [0.5, 0.6) is 0 Å². The largest absolute Gasteiger partial charge is 0.481 e. The summed E-state index contributed by atoms with van der Waals surface area (Å²) in [6, 6.07) is -0.127. The van der Waals surface area contributed by atoms with Gasteiger partial charge in [0.25, 0.3) is 5.91 Å². The predicted octanol–water partition coefficient (Wildman–Crippen LogP) is 1.46. The molecule has 6 nitrogen and oxygen atoms in total. The first-order chi connectivity index (χ1) is 8.41. The molecule has 1 N–H and O–H groups in total. The van der Waals surface area contributed by atoms with Crippen LogP contribution in [0, 0.1) is 0 Å². The van der Waals surface area contributed by atoms with E-state index in [9.17, 15) is 9.59 Å². The normalized spacial score (nSPS) is 10.4. The smallest absolute Gasteiger partial charge is 0.305 e. The number of hydrogen-bond donors (Lipinski definition) is 1. The fourth-order valence-corrected chi connectivity index (χ4v) is 1.55. The van der Waals surface area contributed by atoms with E-state index in [1.54, 1.807) is 13.8 Å². The molecule has 0 atom stereocenters. The molecule has 1 rings (SSSR count). The Kier molecular flexibility index (Phi) is 5.03. The van der Waals surface area contributed by atoms with Gasteiger partial charge in [-0.05, 0) is 13.8 Å². The average Bonchev–Trinajstić information content (AvgIpc) is 2.28. The zero-order valence-corrected chi connectivity index (χ0v) is 10.9. The standard InChI is InChI=1S/C11H14ClN3O3/c1-7(2)15(4-3-10(16)17)11(18)8-5-13-6-9(12)14-8/h5-7H,3-4H2,1-2H3,(H,16,17). The van der Waals surface area contributed by atoms with Gasteiger partial charge in [-0.15, -0.1) is 0 Å². The van der Waals surface area contributed by atoms with Crippen LogP contribution >= 0.6 is 11.6 Å². The summed E-state index contributed by atoms with van der Waals surface area (Å²) in [4.78, 5) is 31.8. The number of hydrogen-bond acceptors (Lipinski definition) is 4. The van der Waals surface area contributed by atoms with Crippen LogP contribution in [0.2, 0.25) is 5.15 Å². The molecule has 1 amide bonds. The van der Waals surface area contributed by atoms with E-state index in [1.165, 1.54) is 17.3 Å². The molecule has 0 bridgehead atoms. The summed E-state index contributed by atoms with van der Waals surface area (Å²) in [6.07, 6.45) is 2.53. The molecular formula is C11H14ClN3O3. The molecule has 1 aromatic heterocycles. The highest BCUT2D eigenvalue weighted by molar-refractivity contribution is 6.29. The molecule has 1 heterocycles. The molecule has 0 aromatic carbocycles. The maximum absolute atomic E-state index is 12.1. The van der Waals surface area contributed by atoms with Crippen molar-refractivity contribution in [2.45, 2.75) is 26.3 Å². The maximum atomic E-state index is 12.1. The van der Waals surface area contributed by atoms with Crippen molar-refractivity contribution < 1.29 is 14.7 Å². The lowest BCUT2D eigenvalue weighted by Gasteiger charge is -2.25. The molecule has 0 unspecified atom stereocenters. The fourth-order valence-electron chi connectivity index (χ4n) is 1.40. The molecule has 0 saturated carbocycles. The lowest BCUT2D eigenvalue weighted by atomic mass is 10.2. The number of carboxylic acids is 1. The van der Waals surface area contributed by atoms with Crippen molar-refractivity contribution in [3.05, 3.63) is 23.2 Å². The highest BCUT2D eigenvalue weighted by Crippen LogP contribution is 2.09. The second kappa shape index (κ2) is 6.30. The Balaban J connectivity index is 2.85. The van der Waals surface area contributed by atoms with Gasteiger partial charge in [-0.25, -0.2) is 4.98 Å². The van der Waals surface area contributed by atoms with Crippen LogP contribution in [0.1, 0.15) is 30.8 Å². The average molecular weight is 272 g/mol. The van der Waals surface area contributed by atoms with Crippen LogP contribution in [-0.4, -0.2) is 44.4 Å². The van der Waals surface area contributed by atoms with E-state index < -0.39 is 5.97 Å². The van der Waals surface area contributed by atoms with Crippen molar-refractivity contribution in [1.82, 2.24) is 14.9 Å². The Hall–Kier alpha value is -1.69. The van der Waals surface area contributed by atoms with Crippen molar-refractivity contribution in [2.24, 2.45) is 0 Å². The van der Waals surface area contributed by atoms with Crippen LogP contribution < -0.4 is 0 Å². The van der Waals surface area contributed by atoms with E-state index in [1.807, 2.05) is 0 Å². The summed E-state index contributed by atoms with van der Waals surface area (Å²) in [7, 11) is 0. The molecule has 0 fully saturated rings. The van der Waals surface area contributed by atoms with Gasteiger partial charge in [-0.2, -0.15) is 0 Å². The summed E-state index contributed by atoms with van der Waals surface area (Å²) in [5, 5.41) is 8.78. The topological polar surface area (TPSA) is 83.4 Å². The van der Waals surface area contributed by atoms with Crippen LogP contribution in [0.15, 0.2) is 12.4 Å². The van der Waals surface area contributed by atoms with Gasteiger partial charge in [0.05, 0.1) is 18.8 Å². The number of carboxylic acid groups (broad SMARTS) is 1. The van der Waals surface area contributed by atoms with E-state index >= 15 is 0 Å². The minimum Gasteiger partial charge on any atom is -0.481 e. The summed E-state index contributed by atoms with van der Waals surface area (Å²) in [6.45, 7) is 3.73. The second-order valence-electron chi connectivity index (χ2n) is 3.96. The van der Waals surface area contributed by atoms with Gasteiger partial charge in [0, 0.05) is 12.6 Å². The maximum Gasteiger partial charge on any atom is 0.305 e. The third-order valence-corrected chi connectivity index (χ3v) is 2.46. The predicted molar refractivity (Wildman–Crippen MR) is 65.5 cm³/mol. The molecular weight excluding hydrogens is 258 g/mol. The molecule has 0 aliphatic carbocycles. The summed E-state index contributed by atoms with van der Waals surface area (Å²) >= 11 is 5.66. The molecule has 0 radical (unpaired) electrons. The van der Waals surface area contributed by atoms with Gasteiger partial charge in [0.2, 0.25) is 0 Å². The van der Waals surface area contributed by atoms with Crippen molar-refractivity contribution in [1.29, 1.82) is 0 Å². The molecule has 7 heteroatoms. The Morgan fingerprint density at radius 1 is 1.44 bits per heavy atom. The van der Waals surface area contributed by atoms with Gasteiger partial charge in [-0.3, -0.25) is 14.6 Å². The third-order valence-electron chi connectivity index (χ3n) is 2.28. The van der Waals surface area contributed by atoms with E-state index in [-0.39, 0.29) is 35.8 Å². The first-order valence-corrected chi connectivity index (χ1v) is 5.80. The number of carbonyl (C=O) groups excluding carboxylic acids is 1. The monoisotopic (exact) mass is 271 g/mol. The molecule has 0 spiro atoms. The zero-order chi connectivity index (χ0) is 13.7. The van der Waals surface area contributed by atoms with E-state index in [4.69, 9.17) is 16.7 Å². The lowest BCUT2D eigenvalue weighted by Crippen LogP contribution is -2.39. The van der Waals surface area contributed by atoms with E-state index in [2.05, 4.69) is 9.97 Å². The number of nitrogens with zero attached hydrogens (tertiary/aromatic N) is 3. The Bertz CT molecular complexity index is 451. The SMILES string of the molecule is CC(C)N(CCC(=O)O)C(=O)c1cncc(Cl)n1. The number of aliphatic carboxylic acids is 1. The van der Waals surface area contributed by atoms with Crippen molar-refractivity contribution >= 4 is 23.5 Å². The molecule has 0 aliphatic heterocycles.